The van der Waals surface area contributed by atoms with Gasteiger partial charge in [-0.3, -0.25) is 0 Å². The van der Waals surface area contributed by atoms with Crippen molar-refractivity contribution in [2.24, 2.45) is 0 Å². The van der Waals surface area contributed by atoms with Gasteiger partial charge in [-0.25, -0.2) is 0 Å². The van der Waals surface area contributed by atoms with Crippen LogP contribution in [0.4, 0.5) is 5.69 Å². The quantitative estimate of drug-likeness (QED) is 0.454. The Morgan fingerprint density at radius 1 is 1.38 bits per heavy atom. The summed E-state index contributed by atoms with van der Waals surface area (Å²) in [5.74, 6) is 1.12. The summed E-state index contributed by atoms with van der Waals surface area (Å²) >= 11 is 1.84. The molecule has 1 aromatic carbocycles. The van der Waals surface area contributed by atoms with E-state index in [0.29, 0.717) is 6.04 Å². The molecular weight excluding hydrogens is 216 g/mol. The van der Waals surface area contributed by atoms with Crippen LogP contribution in [0, 0.1) is 6.92 Å². The fourth-order valence-electron chi connectivity index (χ4n) is 1.44. The molecule has 0 atom stereocenters. The number of nitrogens with two attached hydrogens (primary N) is 1. The standard InChI is InChI=1S/C13H22N2S/c1-10(2)15-7-4-8-16-13-6-5-11(3)9-12(13)14/h5-6,9-10,15H,4,7-8,14H2,1-3H3. The predicted molar refractivity (Wildman–Crippen MR) is 74.1 cm³/mol. The van der Waals surface area contributed by atoms with E-state index in [1.54, 1.807) is 0 Å². The highest BCUT2D eigenvalue weighted by Gasteiger charge is 2.00. The zero-order valence-corrected chi connectivity index (χ0v) is 11.2. The summed E-state index contributed by atoms with van der Waals surface area (Å²) in [6.45, 7) is 7.49. The summed E-state index contributed by atoms with van der Waals surface area (Å²) in [6.07, 6.45) is 1.18. The van der Waals surface area contributed by atoms with Crippen LogP contribution in [0.15, 0.2) is 23.1 Å². The minimum absolute atomic E-state index is 0.578. The van der Waals surface area contributed by atoms with Crippen molar-refractivity contribution in [3.05, 3.63) is 23.8 Å². The summed E-state index contributed by atoms with van der Waals surface area (Å²) in [5.41, 5.74) is 8.08. The van der Waals surface area contributed by atoms with Gasteiger partial charge in [-0.05, 0) is 43.3 Å². The first-order valence-corrected chi connectivity index (χ1v) is 6.80. The summed E-state index contributed by atoms with van der Waals surface area (Å²) in [7, 11) is 0. The highest BCUT2D eigenvalue weighted by molar-refractivity contribution is 7.99. The maximum Gasteiger partial charge on any atom is 0.0454 e. The SMILES string of the molecule is Cc1ccc(SCCCNC(C)C)c(N)c1. The third-order valence-electron chi connectivity index (χ3n) is 2.30. The fraction of sp³-hybridized carbons (Fsp3) is 0.538. The van der Waals surface area contributed by atoms with Crippen molar-refractivity contribution >= 4 is 17.4 Å². The minimum atomic E-state index is 0.578. The number of benzene rings is 1. The molecule has 0 saturated carbocycles. The molecule has 3 N–H and O–H groups in total. The molecule has 16 heavy (non-hydrogen) atoms. The molecule has 0 fully saturated rings. The number of rotatable bonds is 6. The van der Waals surface area contributed by atoms with Gasteiger partial charge in [0.05, 0.1) is 0 Å². The predicted octanol–water partition coefficient (Wildman–Crippen LogP) is 3.06. The van der Waals surface area contributed by atoms with Crippen molar-refractivity contribution in [1.29, 1.82) is 0 Å². The number of nitrogens with one attached hydrogen (secondary N) is 1. The number of anilines is 1. The monoisotopic (exact) mass is 238 g/mol. The van der Waals surface area contributed by atoms with Crippen LogP contribution < -0.4 is 11.1 Å². The number of hydrogen-bond acceptors (Lipinski definition) is 3. The molecule has 0 aromatic heterocycles. The molecule has 2 nitrogen and oxygen atoms in total. The van der Waals surface area contributed by atoms with E-state index >= 15 is 0 Å². The average molecular weight is 238 g/mol. The second kappa shape index (κ2) is 6.81. The lowest BCUT2D eigenvalue weighted by Crippen LogP contribution is -2.23. The largest absolute Gasteiger partial charge is 0.398 e. The van der Waals surface area contributed by atoms with E-state index in [1.807, 2.05) is 17.8 Å². The third-order valence-corrected chi connectivity index (χ3v) is 3.47. The average Bonchev–Trinajstić information content (AvgIpc) is 2.20. The molecule has 0 aliphatic rings. The second-order valence-corrected chi connectivity index (χ2v) is 5.49. The van der Waals surface area contributed by atoms with Gasteiger partial charge in [-0.2, -0.15) is 0 Å². The number of hydrogen-bond donors (Lipinski definition) is 2. The topological polar surface area (TPSA) is 38.0 Å². The van der Waals surface area contributed by atoms with Gasteiger partial charge in [0.1, 0.15) is 0 Å². The fourth-order valence-corrected chi connectivity index (χ4v) is 2.34. The maximum atomic E-state index is 5.95. The minimum Gasteiger partial charge on any atom is -0.398 e. The number of nitrogen functional groups attached to an aromatic ring is 1. The summed E-state index contributed by atoms with van der Waals surface area (Å²) in [6, 6.07) is 6.85. The van der Waals surface area contributed by atoms with E-state index in [9.17, 15) is 0 Å². The van der Waals surface area contributed by atoms with Crippen LogP contribution in [-0.2, 0) is 0 Å². The Kier molecular flexibility index (Phi) is 5.71. The Labute approximate surface area is 103 Å². The van der Waals surface area contributed by atoms with E-state index in [-0.39, 0.29) is 0 Å². The number of aryl methyl sites for hydroxylation is 1. The van der Waals surface area contributed by atoms with Crippen molar-refractivity contribution in [2.45, 2.75) is 38.1 Å². The van der Waals surface area contributed by atoms with Crippen LogP contribution in [0.3, 0.4) is 0 Å². The van der Waals surface area contributed by atoms with Gasteiger partial charge >= 0.3 is 0 Å². The van der Waals surface area contributed by atoms with Gasteiger partial charge in [-0.15, -0.1) is 11.8 Å². The summed E-state index contributed by atoms with van der Waals surface area (Å²) in [4.78, 5) is 1.20. The van der Waals surface area contributed by atoms with Crippen LogP contribution in [0.2, 0.25) is 0 Å². The lowest BCUT2D eigenvalue weighted by atomic mass is 10.2. The van der Waals surface area contributed by atoms with Gasteiger partial charge in [0.2, 0.25) is 0 Å². The first kappa shape index (κ1) is 13.4. The van der Waals surface area contributed by atoms with Gasteiger partial charge < -0.3 is 11.1 Å². The van der Waals surface area contributed by atoms with Crippen molar-refractivity contribution in [3.8, 4) is 0 Å². The molecule has 0 saturated heterocycles. The molecule has 0 spiro atoms. The highest BCUT2D eigenvalue weighted by atomic mass is 32.2. The summed E-state index contributed by atoms with van der Waals surface area (Å²) < 4.78 is 0. The first-order valence-electron chi connectivity index (χ1n) is 5.82. The third kappa shape index (κ3) is 4.90. The maximum absolute atomic E-state index is 5.95. The van der Waals surface area contributed by atoms with Gasteiger partial charge in [0.25, 0.3) is 0 Å². The van der Waals surface area contributed by atoms with E-state index in [4.69, 9.17) is 5.73 Å². The Balaban J connectivity index is 2.27. The highest BCUT2D eigenvalue weighted by Crippen LogP contribution is 2.25. The molecule has 0 radical (unpaired) electrons. The first-order chi connectivity index (χ1) is 7.59. The Hall–Kier alpha value is -0.670. The normalized spacial score (nSPS) is 11.0. The van der Waals surface area contributed by atoms with Crippen molar-refractivity contribution in [2.75, 3.05) is 18.0 Å². The lowest BCUT2D eigenvalue weighted by molar-refractivity contribution is 0.586. The van der Waals surface area contributed by atoms with E-state index in [2.05, 4.69) is 38.2 Å². The molecule has 90 valence electrons. The van der Waals surface area contributed by atoms with Crippen molar-refractivity contribution in [3.63, 3.8) is 0 Å². The second-order valence-electron chi connectivity index (χ2n) is 4.35. The van der Waals surface area contributed by atoms with Crippen LogP contribution >= 0.6 is 11.8 Å². The molecule has 3 heteroatoms. The molecule has 0 aliphatic carbocycles. The van der Waals surface area contributed by atoms with E-state index in [1.165, 1.54) is 16.9 Å². The van der Waals surface area contributed by atoms with Crippen LogP contribution in [0.25, 0.3) is 0 Å². The Bertz CT molecular complexity index is 324. The smallest absolute Gasteiger partial charge is 0.0454 e. The van der Waals surface area contributed by atoms with Crippen molar-refractivity contribution in [1.82, 2.24) is 5.32 Å². The molecular formula is C13H22N2S. The Morgan fingerprint density at radius 3 is 2.75 bits per heavy atom. The molecule has 0 unspecified atom stereocenters. The number of thioether (sulfide) groups is 1. The van der Waals surface area contributed by atoms with Gasteiger partial charge in [0.15, 0.2) is 0 Å². The molecule has 0 aliphatic heterocycles. The molecule has 1 aromatic rings. The van der Waals surface area contributed by atoms with Crippen LogP contribution in [-0.4, -0.2) is 18.3 Å². The molecule has 1 rings (SSSR count). The van der Waals surface area contributed by atoms with E-state index < -0.39 is 0 Å². The zero-order chi connectivity index (χ0) is 12.0. The van der Waals surface area contributed by atoms with E-state index in [0.717, 1.165) is 18.0 Å². The Morgan fingerprint density at radius 2 is 2.12 bits per heavy atom. The summed E-state index contributed by atoms with van der Waals surface area (Å²) in [5, 5.41) is 3.41. The lowest BCUT2D eigenvalue weighted by Gasteiger charge is -2.08. The van der Waals surface area contributed by atoms with Gasteiger partial charge in [0, 0.05) is 16.6 Å². The van der Waals surface area contributed by atoms with Crippen LogP contribution in [0.5, 0.6) is 0 Å². The van der Waals surface area contributed by atoms with Crippen molar-refractivity contribution < 1.29 is 0 Å². The van der Waals surface area contributed by atoms with Crippen LogP contribution in [0.1, 0.15) is 25.8 Å². The molecule has 0 heterocycles. The molecule has 0 bridgehead atoms. The zero-order valence-electron chi connectivity index (χ0n) is 10.4. The molecule has 0 amide bonds. The van der Waals surface area contributed by atoms with Gasteiger partial charge in [-0.1, -0.05) is 19.9 Å².